The van der Waals surface area contributed by atoms with E-state index in [1.165, 1.54) is 12.8 Å². The third kappa shape index (κ3) is 4.23. The van der Waals surface area contributed by atoms with Crippen LogP contribution in [0.3, 0.4) is 0 Å². The third-order valence-corrected chi connectivity index (χ3v) is 4.15. The van der Waals surface area contributed by atoms with E-state index in [1.54, 1.807) is 0 Å². The number of hydrogen-bond acceptors (Lipinski definition) is 2. The number of carbonyl (C=O) groups excluding carboxylic acids is 1. The highest BCUT2D eigenvalue weighted by molar-refractivity contribution is 7.80. The molecule has 0 heterocycles. The first-order valence-corrected chi connectivity index (χ1v) is 7.44. The Kier molecular flexibility index (Phi) is 6.06. The highest BCUT2D eigenvalue weighted by Gasteiger charge is 2.30. The maximum absolute atomic E-state index is 12.4. The molecule has 0 radical (unpaired) electrons. The molecule has 1 unspecified atom stereocenters. The second-order valence-corrected chi connectivity index (χ2v) is 6.25. The van der Waals surface area contributed by atoms with Crippen LogP contribution in [0.4, 0.5) is 0 Å². The van der Waals surface area contributed by atoms with E-state index >= 15 is 0 Å². The first kappa shape index (κ1) is 15.4. The van der Waals surface area contributed by atoms with E-state index in [-0.39, 0.29) is 11.8 Å². The SMILES string of the molecule is CC(C)CCN(C(=O)C(C)C(N)=S)C1CCCC1. The molecule has 0 aliphatic heterocycles. The zero-order valence-electron chi connectivity index (χ0n) is 11.8. The summed E-state index contributed by atoms with van der Waals surface area (Å²) in [6.07, 6.45) is 5.78. The first-order chi connectivity index (χ1) is 8.43. The molecular formula is C14H26N2OS. The van der Waals surface area contributed by atoms with E-state index in [9.17, 15) is 4.79 Å². The van der Waals surface area contributed by atoms with Crippen molar-refractivity contribution in [3.05, 3.63) is 0 Å². The van der Waals surface area contributed by atoms with Gasteiger partial charge in [-0.2, -0.15) is 0 Å². The molecule has 1 atom stereocenters. The largest absolute Gasteiger partial charge is 0.393 e. The van der Waals surface area contributed by atoms with Gasteiger partial charge in [0.25, 0.3) is 0 Å². The van der Waals surface area contributed by atoms with Crippen molar-refractivity contribution in [1.29, 1.82) is 0 Å². The minimum Gasteiger partial charge on any atom is -0.393 e. The zero-order valence-corrected chi connectivity index (χ0v) is 12.6. The number of carbonyl (C=O) groups is 1. The Balaban J connectivity index is 2.69. The standard InChI is InChI=1S/C14H26N2OS/c1-10(2)8-9-16(12-6-4-5-7-12)14(17)11(3)13(15)18/h10-12H,4-9H2,1-3H3,(H2,15,18). The van der Waals surface area contributed by atoms with Crippen molar-refractivity contribution in [2.24, 2.45) is 17.6 Å². The van der Waals surface area contributed by atoms with Gasteiger partial charge in [-0.15, -0.1) is 0 Å². The fraction of sp³-hybridized carbons (Fsp3) is 0.857. The van der Waals surface area contributed by atoms with Crippen LogP contribution in [-0.2, 0) is 4.79 Å². The van der Waals surface area contributed by atoms with Crippen molar-refractivity contribution in [3.63, 3.8) is 0 Å². The summed E-state index contributed by atoms with van der Waals surface area (Å²) in [5, 5.41) is 0. The summed E-state index contributed by atoms with van der Waals surface area (Å²) in [6.45, 7) is 7.04. The topological polar surface area (TPSA) is 46.3 Å². The summed E-state index contributed by atoms with van der Waals surface area (Å²) in [7, 11) is 0. The molecule has 3 nitrogen and oxygen atoms in total. The first-order valence-electron chi connectivity index (χ1n) is 7.03. The third-order valence-electron chi connectivity index (χ3n) is 3.79. The molecule has 1 aliphatic carbocycles. The molecule has 104 valence electrons. The van der Waals surface area contributed by atoms with Crippen LogP contribution in [0.15, 0.2) is 0 Å². The summed E-state index contributed by atoms with van der Waals surface area (Å²) in [6, 6.07) is 0.410. The monoisotopic (exact) mass is 270 g/mol. The van der Waals surface area contributed by atoms with Crippen LogP contribution in [0.25, 0.3) is 0 Å². The van der Waals surface area contributed by atoms with Crippen LogP contribution in [0.1, 0.15) is 52.9 Å². The van der Waals surface area contributed by atoms with E-state index < -0.39 is 0 Å². The van der Waals surface area contributed by atoms with Gasteiger partial charge in [0.2, 0.25) is 5.91 Å². The van der Waals surface area contributed by atoms with Crippen molar-refractivity contribution >= 4 is 23.1 Å². The second-order valence-electron chi connectivity index (χ2n) is 5.78. The molecule has 0 spiro atoms. The van der Waals surface area contributed by atoms with Crippen LogP contribution in [-0.4, -0.2) is 28.4 Å². The lowest BCUT2D eigenvalue weighted by Gasteiger charge is -2.31. The molecule has 0 aromatic rings. The number of nitrogens with two attached hydrogens (primary N) is 1. The number of nitrogens with zero attached hydrogens (tertiary/aromatic N) is 1. The van der Waals surface area contributed by atoms with Gasteiger partial charge >= 0.3 is 0 Å². The van der Waals surface area contributed by atoms with Gasteiger partial charge in [0, 0.05) is 12.6 Å². The minimum absolute atomic E-state index is 0.120. The normalized spacial score (nSPS) is 18.0. The number of rotatable bonds is 6. The lowest BCUT2D eigenvalue weighted by molar-refractivity contribution is -0.135. The fourth-order valence-corrected chi connectivity index (χ4v) is 2.56. The van der Waals surface area contributed by atoms with Gasteiger partial charge in [0.1, 0.15) is 0 Å². The fourth-order valence-electron chi connectivity index (χ4n) is 2.46. The van der Waals surface area contributed by atoms with Gasteiger partial charge in [-0.25, -0.2) is 0 Å². The number of amides is 1. The van der Waals surface area contributed by atoms with Gasteiger partial charge in [-0.3, -0.25) is 4.79 Å². The minimum atomic E-state index is -0.326. The van der Waals surface area contributed by atoms with Crippen molar-refractivity contribution in [2.75, 3.05) is 6.54 Å². The molecule has 0 bridgehead atoms. The average Bonchev–Trinajstić information content (AvgIpc) is 2.81. The van der Waals surface area contributed by atoms with E-state index in [4.69, 9.17) is 18.0 Å². The molecule has 1 aliphatic rings. The Morgan fingerprint density at radius 2 is 1.89 bits per heavy atom. The molecule has 1 saturated carbocycles. The molecule has 18 heavy (non-hydrogen) atoms. The van der Waals surface area contributed by atoms with Crippen molar-refractivity contribution in [3.8, 4) is 0 Å². The summed E-state index contributed by atoms with van der Waals surface area (Å²) in [4.78, 5) is 14.8. The van der Waals surface area contributed by atoms with Crippen molar-refractivity contribution in [1.82, 2.24) is 4.90 Å². The molecule has 1 amide bonds. The lowest BCUT2D eigenvalue weighted by Crippen LogP contribution is -2.45. The van der Waals surface area contributed by atoms with E-state index in [0.717, 1.165) is 25.8 Å². The summed E-state index contributed by atoms with van der Waals surface area (Å²) >= 11 is 4.95. The molecule has 1 rings (SSSR count). The summed E-state index contributed by atoms with van der Waals surface area (Å²) in [5.41, 5.74) is 5.61. The van der Waals surface area contributed by atoms with Gasteiger partial charge in [-0.05, 0) is 32.1 Å². The van der Waals surface area contributed by atoms with Gasteiger partial charge in [0.15, 0.2) is 0 Å². The summed E-state index contributed by atoms with van der Waals surface area (Å²) in [5.74, 6) is 0.407. The Morgan fingerprint density at radius 1 is 1.33 bits per heavy atom. The zero-order chi connectivity index (χ0) is 13.7. The Hall–Kier alpha value is -0.640. The molecule has 0 aromatic carbocycles. The smallest absolute Gasteiger partial charge is 0.232 e. The molecule has 0 saturated heterocycles. The van der Waals surface area contributed by atoms with Crippen LogP contribution >= 0.6 is 12.2 Å². The van der Waals surface area contributed by atoms with E-state index in [0.29, 0.717) is 16.9 Å². The Morgan fingerprint density at radius 3 is 2.33 bits per heavy atom. The Labute approximate surface area is 116 Å². The van der Waals surface area contributed by atoms with Crippen LogP contribution in [0.2, 0.25) is 0 Å². The predicted octanol–water partition coefficient (Wildman–Crippen LogP) is 2.73. The number of hydrogen-bond donors (Lipinski definition) is 1. The van der Waals surface area contributed by atoms with Gasteiger partial charge in [-0.1, -0.05) is 38.9 Å². The van der Waals surface area contributed by atoms with Gasteiger partial charge in [0.05, 0.1) is 10.9 Å². The maximum atomic E-state index is 12.4. The van der Waals surface area contributed by atoms with E-state index in [1.807, 2.05) is 11.8 Å². The van der Waals surface area contributed by atoms with Crippen molar-refractivity contribution < 1.29 is 4.79 Å². The predicted molar refractivity (Wildman–Crippen MR) is 79.4 cm³/mol. The average molecular weight is 270 g/mol. The summed E-state index contributed by atoms with van der Waals surface area (Å²) < 4.78 is 0. The van der Waals surface area contributed by atoms with E-state index in [2.05, 4.69) is 13.8 Å². The molecule has 0 aromatic heterocycles. The Bertz CT molecular complexity index is 298. The molecular weight excluding hydrogens is 244 g/mol. The van der Waals surface area contributed by atoms with Crippen LogP contribution in [0, 0.1) is 11.8 Å². The molecule has 1 fully saturated rings. The maximum Gasteiger partial charge on any atom is 0.232 e. The van der Waals surface area contributed by atoms with Crippen molar-refractivity contribution in [2.45, 2.75) is 58.9 Å². The highest BCUT2D eigenvalue weighted by atomic mass is 32.1. The van der Waals surface area contributed by atoms with Crippen LogP contribution < -0.4 is 5.73 Å². The van der Waals surface area contributed by atoms with Crippen LogP contribution in [0.5, 0.6) is 0 Å². The lowest BCUT2D eigenvalue weighted by atomic mass is 10.1. The molecule has 4 heteroatoms. The highest BCUT2D eigenvalue weighted by Crippen LogP contribution is 2.25. The van der Waals surface area contributed by atoms with Gasteiger partial charge < -0.3 is 10.6 Å². The number of thiocarbonyl (C=S) groups is 1. The quantitative estimate of drug-likeness (QED) is 0.755. The second kappa shape index (κ2) is 7.07. The molecule has 2 N–H and O–H groups in total.